The average molecular weight is 380 g/mol. The molecule has 0 unspecified atom stereocenters. The monoisotopic (exact) mass is 380 g/mol. The summed E-state index contributed by atoms with van der Waals surface area (Å²) in [5, 5.41) is 3.08. The van der Waals surface area contributed by atoms with Gasteiger partial charge in [-0.1, -0.05) is 6.92 Å². The summed E-state index contributed by atoms with van der Waals surface area (Å²) >= 11 is 0. The second kappa shape index (κ2) is 8.46. The third-order valence-electron chi connectivity index (χ3n) is 6.06. The zero-order chi connectivity index (χ0) is 19.4. The summed E-state index contributed by atoms with van der Waals surface area (Å²) in [7, 11) is 0. The van der Waals surface area contributed by atoms with Gasteiger partial charge in [0.2, 0.25) is 11.8 Å². The highest BCUT2D eigenvalue weighted by atomic mass is 16.6. The standard InChI is InChI=1S/C19H32N4O4/c1-3-21-11-13-22(14-12-21)17(25)19(7-8-19)16(24)20-15-5-9-23(10-6-15)18(26)27-4-2/h15H,3-14H2,1-2H3,(H,20,24). The van der Waals surface area contributed by atoms with E-state index < -0.39 is 5.41 Å². The Labute approximate surface area is 161 Å². The summed E-state index contributed by atoms with van der Waals surface area (Å²) in [6.45, 7) is 9.61. The third-order valence-corrected chi connectivity index (χ3v) is 6.06. The van der Waals surface area contributed by atoms with Crippen LogP contribution >= 0.6 is 0 Å². The first-order chi connectivity index (χ1) is 13.0. The van der Waals surface area contributed by atoms with Gasteiger partial charge in [0.15, 0.2) is 0 Å². The Hall–Kier alpha value is -1.83. The lowest BCUT2D eigenvalue weighted by molar-refractivity contribution is -0.145. The van der Waals surface area contributed by atoms with E-state index in [4.69, 9.17) is 4.74 Å². The predicted octanol–water partition coefficient (Wildman–Crippen LogP) is 0.668. The zero-order valence-electron chi connectivity index (χ0n) is 16.5. The molecule has 0 aromatic rings. The molecule has 0 radical (unpaired) electrons. The molecule has 3 rings (SSSR count). The molecule has 27 heavy (non-hydrogen) atoms. The predicted molar refractivity (Wildman–Crippen MR) is 100 cm³/mol. The SMILES string of the molecule is CCOC(=O)N1CCC(NC(=O)C2(C(=O)N3CCN(CC)CC3)CC2)CC1. The molecule has 2 aliphatic heterocycles. The van der Waals surface area contributed by atoms with Crippen LogP contribution in [0.5, 0.6) is 0 Å². The van der Waals surface area contributed by atoms with E-state index in [9.17, 15) is 14.4 Å². The number of nitrogens with one attached hydrogen (secondary N) is 1. The van der Waals surface area contributed by atoms with E-state index in [0.29, 0.717) is 58.5 Å². The van der Waals surface area contributed by atoms with Crippen molar-refractivity contribution in [2.75, 3.05) is 52.4 Å². The van der Waals surface area contributed by atoms with Crippen molar-refractivity contribution in [3.8, 4) is 0 Å². The van der Waals surface area contributed by atoms with Gasteiger partial charge >= 0.3 is 6.09 Å². The maximum absolute atomic E-state index is 13.0. The topological polar surface area (TPSA) is 82.2 Å². The van der Waals surface area contributed by atoms with E-state index in [1.54, 1.807) is 11.8 Å². The molecule has 0 aromatic carbocycles. The summed E-state index contributed by atoms with van der Waals surface area (Å²) in [5.74, 6) is -0.125. The Kier molecular flexibility index (Phi) is 6.24. The number of hydrogen-bond acceptors (Lipinski definition) is 5. The van der Waals surface area contributed by atoms with Crippen molar-refractivity contribution < 1.29 is 19.1 Å². The van der Waals surface area contributed by atoms with Crippen molar-refractivity contribution in [3.63, 3.8) is 0 Å². The number of likely N-dealkylation sites (tertiary alicyclic amines) is 1. The first-order valence-corrected chi connectivity index (χ1v) is 10.2. The quantitative estimate of drug-likeness (QED) is 0.709. The molecule has 0 bridgehead atoms. The fourth-order valence-corrected chi connectivity index (χ4v) is 3.98. The fourth-order valence-electron chi connectivity index (χ4n) is 3.98. The molecule has 3 amide bonds. The number of likely N-dealkylation sites (N-methyl/N-ethyl adjacent to an activating group) is 1. The highest BCUT2D eigenvalue weighted by Gasteiger charge is 2.58. The molecule has 152 valence electrons. The van der Waals surface area contributed by atoms with Crippen molar-refractivity contribution in [1.82, 2.24) is 20.0 Å². The molecule has 0 spiro atoms. The van der Waals surface area contributed by atoms with E-state index in [2.05, 4.69) is 17.1 Å². The van der Waals surface area contributed by atoms with Gasteiger partial charge in [0.25, 0.3) is 0 Å². The number of ether oxygens (including phenoxy) is 1. The highest BCUT2D eigenvalue weighted by Crippen LogP contribution is 2.47. The number of carbonyl (C=O) groups excluding carboxylic acids is 3. The number of hydrogen-bond donors (Lipinski definition) is 1. The molecule has 0 atom stereocenters. The highest BCUT2D eigenvalue weighted by molar-refractivity contribution is 6.08. The van der Waals surface area contributed by atoms with Gasteiger partial charge in [-0.05, 0) is 39.2 Å². The Bertz CT molecular complexity index is 562. The second-order valence-corrected chi connectivity index (χ2v) is 7.74. The van der Waals surface area contributed by atoms with Crippen molar-refractivity contribution in [3.05, 3.63) is 0 Å². The lowest BCUT2D eigenvalue weighted by Crippen LogP contribution is -2.54. The fraction of sp³-hybridized carbons (Fsp3) is 0.842. The molecule has 8 heteroatoms. The Morgan fingerprint density at radius 2 is 1.59 bits per heavy atom. The van der Waals surface area contributed by atoms with Gasteiger partial charge in [0.1, 0.15) is 5.41 Å². The summed E-state index contributed by atoms with van der Waals surface area (Å²) in [5.41, 5.74) is -0.841. The van der Waals surface area contributed by atoms with Gasteiger partial charge in [-0.2, -0.15) is 0 Å². The molecule has 0 aromatic heterocycles. The number of carbonyl (C=O) groups is 3. The van der Waals surface area contributed by atoms with Crippen molar-refractivity contribution in [2.45, 2.75) is 45.6 Å². The minimum Gasteiger partial charge on any atom is -0.450 e. The molecular formula is C19H32N4O4. The Morgan fingerprint density at radius 3 is 2.11 bits per heavy atom. The van der Waals surface area contributed by atoms with Gasteiger partial charge in [-0.15, -0.1) is 0 Å². The van der Waals surface area contributed by atoms with Crippen molar-refractivity contribution in [2.24, 2.45) is 5.41 Å². The maximum atomic E-state index is 13.0. The van der Waals surface area contributed by atoms with Crippen molar-refractivity contribution in [1.29, 1.82) is 0 Å². The van der Waals surface area contributed by atoms with Gasteiger partial charge < -0.3 is 24.8 Å². The van der Waals surface area contributed by atoms with Crippen LogP contribution in [0.1, 0.15) is 39.5 Å². The number of piperazine rings is 1. The summed E-state index contributed by atoms with van der Waals surface area (Å²) in [6.07, 6.45) is 2.40. The van der Waals surface area contributed by atoms with Crippen LogP contribution in [0.4, 0.5) is 4.79 Å². The molecule has 3 fully saturated rings. The van der Waals surface area contributed by atoms with Crippen LogP contribution in [0.25, 0.3) is 0 Å². The number of piperidine rings is 1. The smallest absolute Gasteiger partial charge is 0.409 e. The van der Waals surface area contributed by atoms with Crippen LogP contribution in [0, 0.1) is 5.41 Å². The van der Waals surface area contributed by atoms with Gasteiger partial charge in [-0.25, -0.2) is 4.79 Å². The van der Waals surface area contributed by atoms with Gasteiger partial charge in [0.05, 0.1) is 6.61 Å². The summed E-state index contributed by atoms with van der Waals surface area (Å²) in [4.78, 5) is 43.4. The van der Waals surface area contributed by atoms with E-state index in [-0.39, 0.29) is 23.9 Å². The van der Waals surface area contributed by atoms with Gasteiger partial charge in [0, 0.05) is 45.3 Å². The summed E-state index contributed by atoms with van der Waals surface area (Å²) in [6, 6.07) is 0.0189. The van der Waals surface area contributed by atoms with Crippen LogP contribution in [0.2, 0.25) is 0 Å². The normalized spacial score (nSPS) is 23.0. The van der Waals surface area contributed by atoms with Crippen LogP contribution < -0.4 is 5.32 Å². The van der Waals surface area contributed by atoms with E-state index in [1.807, 2.05) is 4.90 Å². The van der Waals surface area contributed by atoms with Crippen LogP contribution in [0.3, 0.4) is 0 Å². The van der Waals surface area contributed by atoms with Gasteiger partial charge in [-0.3, -0.25) is 9.59 Å². The zero-order valence-corrected chi connectivity index (χ0v) is 16.5. The molecule has 8 nitrogen and oxygen atoms in total. The van der Waals surface area contributed by atoms with Crippen LogP contribution in [-0.2, 0) is 14.3 Å². The maximum Gasteiger partial charge on any atom is 0.409 e. The van der Waals surface area contributed by atoms with E-state index in [1.165, 1.54) is 0 Å². The number of rotatable bonds is 5. The van der Waals surface area contributed by atoms with E-state index in [0.717, 1.165) is 19.6 Å². The lowest BCUT2D eigenvalue weighted by Gasteiger charge is -2.36. The molecular weight excluding hydrogens is 348 g/mol. The Morgan fingerprint density at radius 1 is 0.963 bits per heavy atom. The molecule has 2 saturated heterocycles. The molecule has 3 aliphatic rings. The number of amides is 3. The minimum atomic E-state index is -0.841. The Balaban J connectivity index is 1.48. The van der Waals surface area contributed by atoms with E-state index >= 15 is 0 Å². The van der Waals surface area contributed by atoms with Crippen LogP contribution in [-0.4, -0.2) is 91.1 Å². The third kappa shape index (κ3) is 4.36. The molecule has 1 saturated carbocycles. The average Bonchev–Trinajstić information content (AvgIpc) is 3.50. The minimum absolute atomic E-state index is 0.000266. The first kappa shape index (κ1) is 19.9. The van der Waals surface area contributed by atoms with Crippen LogP contribution in [0.15, 0.2) is 0 Å². The lowest BCUT2D eigenvalue weighted by atomic mass is 10.00. The molecule has 2 heterocycles. The second-order valence-electron chi connectivity index (χ2n) is 7.74. The summed E-state index contributed by atoms with van der Waals surface area (Å²) < 4.78 is 5.02. The van der Waals surface area contributed by atoms with Crippen molar-refractivity contribution >= 4 is 17.9 Å². The largest absolute Gasteiger partial charge is 0.450 e. The molecule has 1 aliphatic carbocycles. The number of nitrogens with zero attached hydrogens (tertiary/aromatic N) is 3. The first-order valence-electron chi connectivity index (χ1n) is 10.2. The molecule has 1 N–H and O–H groups in total.